The van der Waals surface area contributed by atoms with E-state index < -0.39 is 0 Å². The third-order valence-electron chi connectivity index (χ3n) is 5.21. The minimum atomic E-state index is 0. The molecule has 3 amide bonds. The van der Waals surface area contributed by atoms with Crippen molar-refractivity contribution >= 4 is 30.1 Å². The predicted octanol–water partition coefficient (Wildman–Crippen LogP) is 1.26. The van der Waals surface area contributed by atoms with E-state index in [0.717, 1.165) is 51.9 Å². The Morgan fingerprint density at radius 1 is 1.15 bits per heavy atom. The van der Waals surface area contributed by atoms with Crippen molar-refractivity contribution in [3.63, 3.8) is 0 Å². The fourth-order valence-corrected chi connectivity index (χ4v) is 3.87. The molecule has 0 spiro atoms. The lowest BCUT2D eigenvalue weighted by atomic mass is 10.0. The van der Waals surface area contributed by atoms with Crippen molar-refractivity contribution in [3.8, 4) is 0 Å². The number of hydrogen-bond acceptors (Lipinski definition) is 4. The molecule has 0 saturated carbocycles. The second-order valence-electron chi connectivity index (χ2n) is 7.28. The van der Waals surface area contributed by atoms with Gasteiger partial charge in [-0.05, 0) is 25.7 Å². The summed E-state index contributed by atoms with van der Waals surface area (Å²) in [7, 11) is 0. The Kier molecular flexibility index (Phi) is 10.7. The summed E-state index contributed by atoms with van der Waals surface area (Å²) in [6.45, 7) is 8.91. The fraction of sp³-hybridized carbons (Fsp3) is 0.842. The van der Waals surface area contributed by atoms with Crippen LogP contribution in [0.5, 0.6) is 0 Å². The molecule has 2 aliphatic rings. The molecule has 2 rings (SSSR count). The van der Waals surface area contributed by atoms with Crippen LogP contribution in [0.25, 0.3) is 0 Å². The maximum Gasteiger partial charge on any atom is 0.236 e. The third kappa shape index (κ3) is 6.96. The van der Waals surface area contributed by atoms with Gasteiger partial charge in [0, 0.05) is 58.2 Å². The summed E-state index contributed by atoms with van der Waals surface area (Å²) < 4.78 is 0. The standard InChI is InChI=1S/C19H34N4O3.ClH/c1-3-10-21(11-4-2)17(24)7-8-18(25)22-12-5-6-16(15-22)23-13-9-20-14-19(23)26;/h16,20H,3-15H2,1-2H3;1H. The average Bonchev–Trinajstić information content (AvgIpc) is 2.66. The molecule has 2 fully saturated rings. The zero-order valence-corrected chi connectivity index (χ0v) is 17.6. The van der Waals surface area contributed by atoms with Crippen LogP contribution in [-0.2, 0) is 14.4 Å². The normalized spacial score (nSPS) is 20.2. The first kappa shape index (κ1) is 23.7. The summed E-state index contributed by atoms with van der Waals surface area (Å²) in [5, 5.41) is 3.09. The van der Waals surface area contributed by atoms with E-state index in [1.165, 1.54) is 0 Å². The molecule has 0 aliphatic carbocycles. The molecule has 0 aromatic carbocycles. The minimum Gasteiger partial charge on any atom is -0.343 e. The predicted molar refractivity (Wildman–Crippen MR) is 108 cm³/mol. The van der Waals surface area contributed by atoms with Gasteiger partial charge in [-0.2, -0.15) is 0 Å². The third-order valence-corrected chi connectivity index (χ3v) is 5.21. The van der Waals surface area contributed by atoms with Gasteiger partial charge in [-0.3, -0.25) is 14.4 Å². The molecule has 1 atom stereocenters. The quantitative estimate of drug-likeness (QED) is 0.663. The topological polar surface area (TPSA) is 73.0 Å². The van der Waals surface area contributed by atoms with E-state index in [2.05, 4.69) is 19.2 Å². The van der Waals surface area contributed by atoms with E-state index in [1.54, 1.807) is 0 Å². The van der Waals surface area contributed by atoms with Crippen molar-refractivity contribution in [2.45, 2.75) is 58.4 Å². The first-order valence-corrected chi connectivity index (χ1v) is 10.1. The highest BCUT2D eigenvalue weighted by molar-refractivity contribution is 5.85. The Morgan fingerprint density at radius 2 is 1.85 bits per heavy atom. The number of hydrogen-bond donors (Lipinski definition) is 1. The summed E-state index contributed by atoms with van der Waals surface area (Å²) in [6.07, 6.45) is 4.30. The number of piperidine rings is 1. The smallest absolute Gasteiger partial charge is 0.236 e. The Hall–Kier alpha value is -1.34. The molecule has 7 nitrogen and oxygen atoms in total. The lowest BCUT2D eigenvalue weighted by Gasteiger charge is -2.41. The van der Waals surface area contributed by atoms with Crippen LogP contribution in [0.1, 0.15) is 52.4 Å². The molecule has 2 saturated heterocycles. The van der Waals surface area contributed by atoms with Crippen LogP contribution in [0, 0.1) is 0 Å². The van der Waals surface area contributed by atoms with Crippen molar-refractivity contribution in [3.05, 3.63) is 0 Å². The minimum absolute atomic E-state index is 0. The van der Waals surface area contributed by atoms with Gasteiger partial charge in [-0.1, -0.05) is 13.8 Å². The maximum absolute atomic E-state index is 12.6. The molecule has 1 N–H and O–H groups in total. The van der Waals surface area contributed by atoms with E-state index in [1.807, 2.05) is 14.7 Å². The van der Waals surface area contributed by atoms with Crippen LogP contribution >= 0.6 is 12.4 Å². The molecule has 0 bridgehead atoms. The van der Waals surface area contributed by atoms with Crippen LogP contribution in [0.15, 0.2) is 0 Å². The van der Waals surface area contributed by atoms with E-state index in [9.17, 15) is 14.4 Å². The van der Waals surface area contributed by atoms with Gasteiger partial charge in [0.05, 0.1) is 6.54 Å². The second-order valence-corrected chi connectivity index (χ2v) is 7.28. The SMILES string of the molecule is CCCN(CCC)C(=O)CCC(=O)N1CCCC(N2CCNCC2=O)C1.Cl. The van der Waals surface area contributed by atoms with E-state index in [4.69, 9.17) is 0 Å². The number of rotatable bonds is 8. The van der Waals surface area contributed by atoms with Crippen molar-refractivity contribution in [2.75, 3.05) is 45.8 Å². The number of carbonyl (C=O) groups is 3. The number of likely N-dealkylation sites (tertiary alicyclic amines) is 1. The molecular weight excluding hydrogens is 368 g/mol. The number of nitrogens with one attached hydrogen (secondary N) is 1. The molecule has 156 valence electrons. The van der Waals surface area contributed by atoms with Gasteiger partial charge < -0.3 is 20.0 Å². The van der Waals surface area contributed by atoms with Gasteiger partial charge >= 0.3 is 0 Å². The lowest BCUT2D eigenvalue weighted by Crippen LogP contribution is -2.57. The lowest BCUT2D eigenvalue weighted by molar-refractivity contribution is -0.141. The van der Waals surface area contributed by atoms with Crippen molar-refractivity contribution < 1.29 is 14.4 Å². The molecule has 8 heteroatoms. The highest BCUT2D eigenvalue weighted by atomic mass is 35.5. The number of nitrogens with zero attached hydrogens (tertiary/aromatic N) is 3. The van der Waals surface area contributed by atoms with Crippen molar-refractivity contribution in [1.29, 1.82) is 0 Å². The summed E-state index contributed by atoms with van der Waals surface area (Å²) >= 11 is 0. The van der Waals surface area contributed by atoms with Crippen molar-refractivity contribution in [2.24, 2.45) is 0 Å². The summed E-state index contributed by atoms with van der Waals surface area (Å²) in [5.74, 6) is 0.243. The first-order chi connectivity index (χ1) is 12.6. The number of amides is 3. The largest absolute Gasteiger partial charge is 0.343 e. The Bertz CT molecular complexity index is 497. The average molecular weight is 403 g/mol. The highest BCUT2D eigenvalue weighted by Crippen LogP contribution is 2.18. The zero-order valence-electron chi connectivity index (χ0n) is 16.7. The number of carbonyl (C=O) groups excluding carboxylic acids is 3. The molecule has 0 aromatic heterocycles. The van der Waals surface area contributed by atoms with Crippen molar-refractivity contribution in [1.82, 2.24) is 20.0 Å². The maximum atomic E-state index is 12.6. The summed E-state index contributed by atoms with van der Waals surface area (Å²) in [6, 6.07) is 0.120. The molecule has 0 aromatic rings. The first-order valence-electron chi connectivity index (χ1n) is 10.1. The molecular formula is C19H35ClN4O3. The second kappa shape index (κ2) is 12.2. The molecule has 2 aliphatic heterocycles. The molecule has 0 radical (unpaired) electrons. The molecule has 27 heavy (non-hydrogen) atoms. The molecule has 2 heterocycles. The van der Waals surface area contributed by atoms with Gasteiger partial charge in [0.1, 0.15) is 0 Å². The van der Waals surface area contributed by atoms with Crippen LogP contribution < -0.4 is 5.32 Å². The van der Waals surface area contributed by atoms with Gasteiger partial charge in [-0.15, -0.1) is 12.4 Å². The van der Waals surface area contributed by atoms with E-state index in [-0.39, 0.29) is 49.0 Å². The summed E-state index contributed by atoms with van der Waals surface area (Å²) in [5.41, 5.74) is 0. The van der Waals surface area contributed by atoms with Gasteiger partial charge in [-0.25, -0.2) is 0 Å². The Morgan fingerprint density at radius 3 is 2.48 bits per heavy atom. The van der Waals surface area contributed by atoms with Gasteiger partial charge in [0.25, 0.3) is 0 Å². The van der Waals surface area contributed by atoms with Crippen LogP contribution in [0.4, 0.5) is 0 Å². The monoisotopic (exact) mass is 402 g/mol. The van der Waals surface area contributed by atoms with Gasteiger partial charge in [0.2, 0.25) is 17.7 Å². The highest BCUT2D eigenvalue weighted by Gasteiger charge is 2.31. The van der Waals surface area contributed by atoms with E-state index in [0.29, 0.717) is 19.6 Å². The summed E-state index contributed by atoms with van der Waals surface area (Å²) in [4.78, 5) is 42.7. The number of halogens is 1. The fourth-order valence-electron chi connectivity index (χ4n) is 3.87. The Balaban J connectivity index is 0.00000364. The Labute approximate surface area is 169 Å². The van der Waals surface area contributed by atoms with E-state index >= 15 is 0 Å². The van der Waals surface area contributed by atoms with Gasteiger partial charge in [0.15, 0.2) is 0 Å². The zero-order chi connectivity index (χ0) is 18.9. The van der Waals surface area contributed by atoms with Crippen LogP contribution in [0.2, 0.25) is 0 Å². The van der Waals surface area contributed by atoms with Crippen LogP contribution in [0.3, 0.4) is 0 Å². The number of piperazine rings is 1. The molecule has 1 unspecified atom stereocenters. The van der Waals surface area contributed by atoms with Crippen LogP contribution in [-0.4, -0.2) is 84.3 Å².